The number of anilines is 1. The van der Waals surface area contributed by atoms with Crippen LogP contribution in [0.5, 0.6) is 5.75 Å². The van der Waals surface area contributed by atoms with Gasteiger partial charge in [0.25, 0.3) is 0 Å². The van der Waals surface area contributed by atoms with E-state index in [9.17, 15) is 0 Å². The summed E-state index contributed by atoms with van der Waals surface area (Å²) in [4.78, 5) is 6.66. The zero-order valence-electron chi connectivity index (χ0n) is 18.0. The van der Waals surface area contributed by atoms with Gasteiger partial charge in [0, 0.05) is 28.8 Å². The Morgan fingerprint density at radius 3 is 2.53 bits per heavy atom. The molecule has 3 heterocycles. The zero-order chi connectivity index (χ0) is 23.8. The van der Waals surface area contributed by atoms with Crippen molar-refractivity contribution in [2.24, 2.45) is 0 Å². The molecule has 2 atom stereocenters. The van der Waals surface area contributed by atoms with E-state index in [4.69, 9.17) is 51.8 Å². The monoisotopic (exact) mass is 528 g/mol. The second-order valence-corrected chi connectivity index (χ2v) is 9.35. The fourth-order valence-electron chi connectivity index (χ4n) is 4.27. The average Bonchev–Trinajstić information content (AvgIpc) is 3.43. The SMILES string of the molecule is COc1ccc(N2C(=S)N[C@H](c3ccccn3)[C@@H]2c2cccn2-c2ccc(Cl)cc2Cl)cc1Cl. The van der Waals surface area contributed by atoms with Crippen LogP contribution >= 0.6 is 47.0 Å². The quantitative estimate of drug-likeness (QED) is 0.281. The molecule has 5 nitrogen and oxygen atoms in total. The van der Waals surface area contributed by atoms with E-state index in [0.29, 0.717) is 25.9 Å². The van der Waals surface area contributed by atoms with Gasteiger partial charge in [0.05, 0.1) is 34.6 Å². The van der Waals surface area contributed by atoms with E-state index in [0.717, 1.165) is 22.8 Å². The number of halogens is 3. The van der Waals surface area contributed by atoms with Crippen LogP contribution in [0.3, 0.4) is 0 Å². The van der Waals surface area contributed by atoms with E-state index in [1.54, 1.807) is 19.4 Å². The second-order valence-electron chi connectivity index (χ2n) is 7.71. The lowest BCUT2D eigenvalue weighted by Gasteiger charge is -2.29. The van der Waals surface area contributed by atoms with Gasteiger partial charge in [-0.2, -0.15) is 0 Å². The van der Waals surface area contributed by atoms with Gasteiger partial charge in [-0.1, -0.05) is 40.9 Å². The molecule has 34 heavy (non-hydrogen) atoms. The molecule has 1 aliphatic heterocycles. The van der Waals surface area contributed by atoms with Crippen molar-refractivity contribution in [3.05, 3.63) is 106 Å². The third-order valence-electron chi connectivity index (χ3n) is 5.76. The lowest BCUT2D eigenvalue weighted by Crippen LogP contribution is -2.30. The van der Waals surface area contributed by atoms with Crippen LogP contribution in [0.15, 0.2) is 79.1 Å². The van der Waals surface area contributed by atoms with Crippen LogP contribution in [0.1, 0.15) is 23.5 Å². The molecule has 0 saturated carbocycles. The molecule has 0 spiro atoms. The number of ether oxygens (including phenoxy) is 1. The van der Waals surface area contributed by atoms with Crippen LogP contribution in [0.2, 0.25) is 15.1 Å². The van der Waals surface area contributed by atoms with Crippen LogP contribution in [0, 0.1) is 0 Å². The predicted molar refractivity (Wildman–Crippen MR) is 142 cm³/mol. The summed E-state index contributed by atoms with van der Waals surface area (Å²) in [7, 11) is 1.59. The first-order chi connectivity index (χ1) is 16.5. The topological polar surface area (TPSA) is 42.3 Å². The highest BCUT2D eigenvalue weighted by atomic mass is 35.5. The Morgan fingerprint density at radius 2 is 1.82 bits per heavy atom. The van der Waals surface area contributed by atoms with Crippen LogP contribution in [0.4, 0.5) is 5.69 Å². The van der Waals surface area contributed by atoms with Crippen molar-refractivity contribution in [3.63, 3.8) is 0 Å². The molecule has 4 aromatic rings. The standard InChI is InChI=1S/C25H19Cl3N4OS/c1-33-22-10-8-16(14-18(22)28)32-24(23(30-25(32)34)19-5-2-3-11-29-19)21-6-4-12-31(21)20-9-7-15(26)13-17(20)27/h2-14,23-24H,1H3,(H,30,34)/t23-,24+/m1/s1. The number of aromatic nitrogens is 2. The Kier molecular flexibility index (Phi) is 6.40. The minimum Gasteiger partial charge on any atom is -0.495 e. The third kappa shape index (κ3) is 4.12. The maximum Gasteiger partial charge on any atom is 0.174 e. The summed E-state index contributed by atoms with van der Waals surface area (Å²) in [5.41, 5.74) is 3.49. The fourth-order valence-corrected chi connectivity index (χ4v) is 5.37. The molecular formula is C25H19Cl3N4OS. The summed E-state index contributed by atoms with van der Waals surface area (Å²) in [5, 5.41) is 5.65. The van der Waals surface area contributed by atoms with E-state index in [1.165, 1.54) is 0 Å². The summed E-state index contributed by atoms with van der Waals surface area (Å²) >= 11 is 25.0. The minimum absolute atomic E-state index is 0.214. The second kappa shape index (κ2) is 9.47. The molecule has 172 valence electrons. The summed E-state index contributed by atoms with van der Waals surface area (Å²) in [6, 6.07) is 20.5. The summed E-state index contributed by atoms with van der Waals surface area (Å²) in [6.45, 7) is 0. The van der Waals surface area contributed by atoms with Crippen LogP contribution < -0.4 is 15.0 Å². The molecule has 5 rings (SSSR count). The molecule has 0 amide bonds. The molecule has 0 bridgehead atoms. The molecule has 0 radical (unpaired) electrons. The number of nitrogens with one attached hydrogen (secondary N) is 1. The zero-order valence-corrected chi connectivity index (χ0v) is 21.0. The van der Waals surface area contributed by atoms with Crippen molar-refractivity contribution >= 4 is 57.8 Å². The first-order valence-corrected chi connectivity index (χ1v) is 12.0. The minimum atomic E-state index is -0.242. The Balaban J connectivity index is 1.68. The van der Waals surface area contributed by atoms with Gasteiger partial charge < -0.3 is 19.5 Å². The van der Waals surface area contributed by atoms with Gasteiger partial charge >= 0.3 is 0 Å². The number of pyridine rings is 1. The van der Waals surface area contributed by atoms with Crippen molar-refractivity contribution in [1.82, 2.24) is 14.9 Å². The van der Waals surface area contributed by atoms with Gasteiger partial charge in [-0.25, -0.2) is 0 Å². The lowest BCUT2D eigenvalue weighted by atomic mass is 10.0. The van der Waals surface area contributed by atoms with Crippen LogP contribution in [-0.2, 0) is 0 Å². The average molecular weight is 530 g/mol. The largest absolute Gasteiger partial charge is 0.495 e. The normalized spacial score (nSPS) is 17.6. The Labute approximate surface area is 217 Å². The molecule has 1 aliphatic rings. The van der Waals surface area contributed by atoms with E-state index in [-0.39, 0.29) is 12.1 Å². The van der Waals surface area contributed by atoms with Gasteiger partial charge in [0.1, 0.15) is 11.8 Å². The number of benzene rings is 2. The first kappa shape index (κ1) is 23.0. The molecule has 0 unspecified atom stereocenters. The maximum absolute atomic E-state index is 6.59. The Bertz CT molecular complexity index is 1360. The van der Waals surface area contributed by atoms with Crippen molar-refractivity contribution < 1.29 is 4.74 Å². The van der Waals surface area contributed by atoms with Crippen molar-refractivity contribution in [2.45, 2.75) is 12.1 Å². The fraction of sp³-hybridized carbons (Fsp3) is 0.120. The summed E-state index contributed by atoms with van der Waals surface area (Å²) < 4.78 is 7.39. The number of nitrogens with zero attached hydrogens (tertiary/aromatic N) is 3. The highest BCUT2D eigenvalue weighted by Crippen LogP contribution is 2.44. The number of hydrogen-bond donors (Lipinski definition) is 1. The predicted octanol–water partition coefficient (Wildman–Crippen LogP) is 7.02. The van der Waals surface area contributed by atoms with Gasteiger partial charge in [-0.05, 0) is 72.9 Å². The van der Waals surface area contributed by atoms with Crippen molar-refractivity contribution in [1.29, 1.82) is 0 Å². The molecule has 2 aromatic heterocycles. The lowest BCUT2D eigenvalue weighted by molar-refractivity contribution is 0.415. The van der Waals surface area contributed by atoms with E-state index in [2.05, 4.69) is 21.3 Å². The van der Waals surface area contributed by atoms with E-state index < -0.39 is 0 Å². The molecule has 1 N–H and O–H groups in total. The van der Waals surface area contributed by atoms with Gasteiger partial charge in [-0.3, -0.25) is 4.98 Å². The number of hydrogen-bond acceptors (Lipinski definition) is 3. The number of thiocarbonyl (C=S) groups is 1. The molecule has 1 fully saturated rings. The third-order valence-corrected chi connectivity index (χ3v) is 6.91. The smallest absolute Gasteiger partial charge is 0.174 e. The molecule has 9 heteroatoms. The van der Waals surface area contributed by atoms with Gasteiger partial charge in [0.2, 0.25) is 0 Å². The highest BCUT2D eigenvalue weighted by Gasteiger charge is 2.42. The van der Waals surface area contributed by atoms with Gasteiger partial charge in [0.15, 0.2) is 5.11 Å². The number of rotatable bonds is 5. The van der Waals surface area contributed by atoms with Crippen LogP contribution in [0.25, 0.3) is 5.69 Å². The van der Waals surface area contributed by atoms with E-state index in [1.807, 2.05) is 65.4 Å². The van der Waals surface area contributed by atoms with Crippen LogP contribution in [-0.4, -0.2) is 21.8 Å². The van der Waals surface area contributed by atoms with Crippen molar-refractivity contribution in [3.8, 4) is 11.4 Å². The summed E-state index contributed by atoms with van der Waals surface area (Å²) in [6.07, 6.45) is 3.75. The van der Waals surface area contributed by atoms with Gasteiger partial charge in [-0.15, -0.1) is 0 Å². The Morgan fingerprint density at radius 1 is 0.971 bits per heavy atom. The summed E-state index contributed by atoms with van der Waals surface area (Å²) in [5.74, 6) is 0.595. The molecular weight excluding hydrogens is 511 g/mol. The highest BCUT2D eigenvalue weighted by molar-refractivity contribution is 7.80. The number of methoxy groups -OCH3 is 1. The Hall–Kier alpha value is -2.77. The van der Waals surface area contributed by atoms with Crippen molar-refractivity contribution in [2.75, 3.05) is 12.0 Å². The molecule has 0 aliphatic carbocycles. The maximum atomic E-state index is 6.59. The first-order valence-electron chi connectivity index (χ1n) is 10.4. The van der Waals surface area contributed by atoms with E-state index >= 15 is 0 Å². The molecule has 1 saturated heterocycles. The molecule has 2 aromatic carbocycles.